The van der Waals surface area contributed by atoms with E-state index in [1.807, 2.05) is 0 Å². The van der Waals surface area contributed by atoms with Crippen LogP contribution in [-0.2, 0) is 9.59 Å². The molecule has 0 saturated heterocycles. The molecule has 0 fully saturated rings. The molecule has 0 atom stereocenters. The number of carboxylic acid groups (broad SMARTS) is 2. The van der Waals surface area contributed by atoms with E-state index < -0.39 is 35.0 Å². The van der Waals surface area contributed by atoms with Crippen LogP contribution in [0.4, 0.5) is 0 Å². The molecule has 1 aliphatic rings. The Morgan fingerprint density at radius 1 is 0.774 bits per heavy atom. The lowest BCUT2D eigenvalue weighted by Gasteiger charge is -2.16. The number of ketones is 2. The minimum atomic E-state index is -1.38. The maximum Gasteiger partial charge on any atom is 0.339 e. The zero-order valence-electron chi connectivity index (χ0n) is 16.1. The van der Waals surface area contributed by atoms with Crippen molar-refractivity contribution in [3.05, 3.63) is 88.0 Å². The molecule has 2 aromatic carbocycles. The normalized spacial score (nSPS) is 13.0. The third-order valence-electron chi connectivity index (χ3n) is 4.68. The molecule has 8 nitrogen and oxygen atoms in total. The van der Waals surface area contributed by atoms with E-state index in [2.05, 4.69) is 0 Å². The highest BCUT2D eigenvalue weighted by molar-refractivity contribution is 6.25. The fraction of sp³-hybridized carbons (Fsp3) is 0.0435. The van der Waals surface area contributed by atoms with Crippen LogP contribution in [0, 0.1) is 0 Å². The molecule has 0 unspecified atom stereocenters. The molecule has 31 heavy (non-hydrogen) atoms. The van der Waals surface area contributed by atoms with Crippen molar-refractivity contribution < 1.29 is 39.6 Å². The number of rotatable bonds is 5. The predicted molar refractivity (Wildman–Crippen MR) is 109 cm³/mol. The summed E-state index contributed by atoms with van der Waals surface area (Å²) in [5.74, 6) is -4.66. The van der Waals surface area contributed by atoms with Gasteiger partial charge in [-0.2, -0.15) is 0 Å². The SMILES string of the molecule is CC(=O)C1=CC(=C(c2ccc(O)c(C(=O)O)c2)c2ccc(O)c(C(=O)O)c2)C=CC1=O. The summed E-state index contributed by atoms with van der Waals surface area (Å²) in [6.45, 7) is 1.23. The maximum atomic E-state index is 12.0. The van der Waals surface area contributed by atoms with Crippen molar-refractivity contribution in [3.8, 4) is 11.5 Å². The lowest BCUT2D eigenvalue weighted by atomic mass is 9.87. The fourth-order valence-electron chi connectivity index (χ4n) is 3.19. The van der Waals surface area contributed by atoms with E-state index in [4.69, 9.17) is 0 Å². The van der Waals surface area contributed by atoms with E-state index in [9.17, 15) is 39.6 Å². The molecule has 2 aromatic rings. The zero-order valence-corrected chi connectivity index (χ0v) is 16.1. The van der Waals surface area contributed by atoms with Crippen molar-refractivity contribution in [1.29, 1.82) is 0 Å². The lowest BCUT2D eigenvalue weighted by molar-refractivity contribution is -0.118. The van der Waals surface area contributed by atoms with Crippen LogP contribution < -0.4 is 0 Å². The zero-order chi connectivity index (χ0) is 22.9. The van der Waals surface area contributed by atoms with E-state index in [0.29, 0.717) is 11.1 Å². The molecular weight excluding hydrogens is 404 g/mol. The van der Waals surface area contributed by atoms with Gasteiger partial charge < -0.3 is 20.4 Å². The number of benzene rings is 2. The second-order valence-electron chi connectivity index (χ2n) is 6.72. The largest absolute Gasteiger partial charge is 0.507 e. The Labute approximate surface area is 175 Å². The third kappa shape index (κ3) is 4.13. The fourth-order valence-corrected chi connectivity index (χ4v) is 3.19. The number of carbonyl (C=O) groups excluding carboxylic acids is 2. The standard InChI is InChI=1S/C23H16O8/c1-11(24)15-8-12(2-5-18(15)25)21(13-3-6-19(26)16(9-13)22(28)29)14-4-7-20(27)17(10-14)23(30)31/h2-10,26-27H,1H3,(H,28,29)(H,30,31). The van der Waals surface area contributed by atoms with Crippen molar-refractivity contribution in [2.75, 3.05) is 0 Å². The summed E-state index contributed by atoms with van der Waals surface area (Å²) in [5, 5.41) is 38.4. The van der Waals surface area contributed by atoms with Crippen molar-refractivity contribution in [2.24, 2.45) is 0 Å². The number of aromatic hydroxyl groups is 2. The summed E-state index contributed by atoms with van der Waals surface area (Å²) in [7, 11) is 0. The highest BCUT2D eigenvalue weighted by atomic mass is 16.4. The molecule has 8 heteroatoms. The van der Waals surface area contributed by atoms with E-state index in [-0.39, 0.29) is 27.8 Å². The first-order valence-electron chi connectivity index (χ1n) is 8.93. The van der Waals surface area contributed by atoms with Gasteiger partial charge in [0.15, 0.2) is 11.6 Å². The molecule has 0 aromatic heterocycles. The monoisotopic (exact) mass is 420 g/mol. The van der Waals surface area contributed by atoms with Crippen LogP contribution in [0.3, 0.4) is 0 Å². The Morgan fingerprint density at radius 3 is 1.68 bits per heavy atom. The first kappa shape index (κ1) is 21.3. The summed E-state index contributed by atoms with van der Waals surface area (Å²) in [6, 6.07) is 7.57. The molecule has 3 rings (SSSR count). The van der Waals surface area contributed by atoms with Crippen LogP contribution >= 0.6 is 0 Å². The van der Waals surface area contributed by atoms with Gasteiger partial charge in [0.1, 0.15) is 22.6 Å². The van der Waals surface area contributed by atoms with Crippen molar-refractivity contribution in [2.45, 2.75) is 6.92 Å². The second kappa shape index (κ2) is 8.11. The van der Waals surface area contributed by atoms with Gasteiger partial charge in [0.2, 0.25) is 0 Å². The van der Waals surface area contributed by atoms with Crippen LogP contribution in [0.1, 0.15) is 38.8 Å². The number of phenols is 2. The van der Waals surface area contributed by atoms with Gasteiger partial charge in [-0.3, -0.25) is 9.59 Å². The summed E-state index contributed by atoms with van der Waals surface area (Å²) in [5.41, 5.74) is 0.334. The molecule has 4 N–H and O–H groups in total. The van der Waals surface area contributed by atoms with Gasteiger partial charge in [0, 0.05) is 0 Å². The Bertz CT molecular complexity index is 1180. The van der Waals surface area contributed by atoms with Crippen LogP contribution in [0.25, 0.3) is 5.57 Å². The summed E-state index contributed by atoms with van der Waals surface area (Å²) in [4.78, 5) is 46.9. The summed E-state index contributed by atoms with van der Waals surface area (Å²) < 4.78 is 0. The number of allylic oxidation sites excluding steroid dienone is 5. The van der Waals surface area contributed by atoms with Gasteiger partial charge in [-0.25, -0.2) is 9.59 Å². The molecule has 0 spiro atoms. The number of carboxylic acids is 2. The lowest BCUT2D eigenvalue weighted by Crippen LogP contribution is -2.11. The third-order valence-corrected chi connectivity index (χ3v) is 4.68. The number of aromatic carboxylic acids is 2. The number of Topliss-reactive ketones (excluding diaryl/α,β-unsaturated/α-hetero) is 1. The van der Waals surface area contributed by atoms with Crippen LogP contribution in [0.5, 0.6) is 11.5 Å². The van der Waals surface area contributed by atoms with Crippen LogP contribution in [-0.4, -0.2) is 43.9 Å². The van der Waals surface area contributed by atoms with E-state index in [0.717, 1.165) is 0 Å². The number of hydrogen-bond donors (Lipinski definition) is 4. The topological polar surface area (TPSA) is 149 Å². The smallest absolute Gasteiger partial charge is 0.339 e. The van der Waals surface area contributed by atoms with E-state index >= 15 is 0 Å². The first-order chi connectivity index (χ1) is 14.6. The van der Waals surface area contributed by atoms with Crippen molar-refractivity contribution in [3.63, 3.8) is 0 Å². The molecule has 1 aliphatic carbocycles. The van der Waals surface area contributed by atoms with E-state index in [1.54, 1.807) is 0 Å². The molecule has 0 aliphatic heterocycles. The van der Waals surface area contributed by atoms with E-state index in [1.165, 1.54) is 61.5 Å². The summed E-state index contributed by atoms with van der Waals surface area (Å²) >= 11 is 0. The minimum Gasteiger partial charge on any atom is -0.507 e. The number of hydrogen-bond acceptors (Lipinski definition) is 6. The quantitative estimate of drug-likeness (QED) is 0.539. The Morgan fingerprint density at radius 2 is 1.26 bits per heavy atom. The van der Waals surface area contributed by atoms with Gasteiger partial charge in [-0.1, -0.05) is 18.2 Å². The van der Waals surface area contributed by atoms with Gasteiger partial charge >= 0.3 is 11.9 Å². The van der Waals surface area contributed by atoms with Crippen molar-refractivity contribution >= 4 is 29.1 Å². The molecule has 0 radical (unpaired) electrons. The minimum absolute atomic E-state index is 0.0931. The molecule has 0 saturated carbocycles. The van der Waals surface area contributed by atoms with Crippen LogP contribution in [0.15, 0.2) is 65.8 Å². The van der Waals surface area contributed by atoms with Gasteiger partial charge in [0.05, 0.1) is 5.57 Å². The van der Waals surface area contributed by atoms with Crippen molar-refractivity contribution in [1.82, 2.24) is 0 Å². The Kier molecular flexibility index (Phi) is 5.56. The Hall–Kier alpha value is -4.46. The molecule has 156 valence electrons. The summed E-state index contributed by atoms with van der Waals surface area (Å²) in [6.07, 6.45) is 3.94. The molecule has 0 heterocycles. The predicted octanol–water partition coefficient (Wildman–Crippen LogP) is 2.95. The maximum absolute atomic E-state index is 12.0. The van der Waals surface area contributed by atoms with Crippen LogP contribution in [0.2, 0.25) is 0 Å². The number of carbonyl (C=O) groups is 4. The molecule has 0 amide bonds. The average Bonchev–Trinajstić information content (AvgIpc) is 2.71. The van der Waals surface area contributed by atoms with Gasteiger partial charge in [-0.15, -0.1) is 0 Å². The highest BCUT2D eigenvalue weighted by Crippen LogP contribution is 2.35. The average molecular weight is 420 g/mol. The molecular formula is C23H16O8. The first-order valence-corrected chi connectivity index (χ1v) is 8.93. The van der Waals surface area contributed by atoms with Gasteiger partial charge in [-0.05, 0) is 65.6 Å². The van der Waals surface area contributed by atoms with Gasteiger partial charge in [0.25, 0.3) is 0 Å². The second-order valence-corrected chi connectivity index (χ2v) is 6.72. The highest BCUT2D eigenvalue weighted by Gasteiger charge is 2.22. The molecule has 0 bridgehead atoms. The Balaban J connectivity index is 2.38.